The normalized spacial score (nSPS) is 10.8. The van der Waals surface area contributed by atoms with Gasteiger partial charge in [0.15, 0.2) is 0 Å². The van der Waals surface area contributed by atoms with Gasteiger partial charge in [-0.15, -0.1) is 0 Å². The third kappa shape index (κ3) is 6.56. The van der Waals surface area contributed by atoms with E-state index in [0.29, 0.717) is 39.4 Å². The molecule has 0 aliphatic rings. The molecule has 3 aromatic carbocycles. The second-order valence-electron chi connectivity index (χ2n) is 8.43. The average Bonchev–Trinajstić information content (AvgIpc) is 3.32. The van der Waals surface area contributed by atoms with Gasteiger partial charge in [-0.25, -0.2) is 9.07 Å². The van der Waals surface area contributed by atoms with Crippen molar-refractivity contribution in [1.82, 2.24) is 14.7 Å². The molecule has 4 aromatic rings. The molecule has 1 N–H and O–H groups in total. The van der Waals surface area contributed by atoms with E-state index in [0.717, 1.165) is 18.4 Å². The van der Waals surface area contributed by atoms with Crippen molar-refractivity contribution in [3.63, 3.8) is 0 Å². The number of aromatic nitrogens is 2. The van der Waals surface area contributed by atoms with E-state index in [1.54, 1.807) is 28.9 Å². The van der Waals surface area contributed by atoms with Crippen LogP contribution in [0, 0.1) is 5.82 Å². The highest BCUT2D eigenvalue weighted by Crippen LogP contribution is 2.29. The summed E-state index contributed by atoms with van der Waals surface area (Å²) in [4.78, 5) is 27.7. The summed E-state index contributed by atoms with van der Waals surface area (Å²) in [5.74, 6) is -0.759. The smallest absolute Gasteiger partial charge is 0.254 e. The summed E-state index contributed by atoms with van der Waals surface area (Å²) >= 11 is 12.3. The Morgan fingerprint density at radius 1 is 0.973 bits per heavy atom. The topological polar surface area (TPSA) is 67.2 Å². The summed E-state index contributed by atoms with van der Waals surface area (Å²) in [6, 6.07) is 21.7. The van der Waals surface area contributed by atoms with Gasteiger partial charge in [0, 0.05) is 23.7 Å². The molecule has 0 unspecified atom stereocenters. The zero-order chi connectivity index (χ0) is 26.4. The molecule has 0 aliphatic carbocycles. The van der Waals surface area contributed by atoms with E-state index in [9.17, 15) is 14.0 Å². The summed E-state index contributed by atoms with van der Waals surface area (Å²) in [5, 5.41) is 8.32. The first-order valence-corrected chi connectivity index (χ1v) is 12.6. The predicted molar refractivity (Wildman–Crippen MR) is 145 cm³/mol. The second-order valence-corrected chi connectivity index (χ2v) is 9.24. The van der Waals surface area contributed by atoms with Crippen LogP contribution in [0.4, 0.5) is 10.2 Å². The number of nitrogens with zero attached hydrogens (tertiary/aromatic N) is 3. The summed E-state index contributed by atoms with van der Waals surface area (Å²) in [6.07, 6.45) is 1.57. The van der Waals surface area contributed by atoms with Crippen molar-refractivity contribution in [3.05, 3.63) is 100 Å². The van der Waals surface area contributed by atoms with E-state index in [-0.39, 0.29) is 12.5 Å². The van der Waals surface area contributed by atoms with E-state index in [1.165, 1.54) is 29.2 Å². The molecule has 0 spiro atoms. The molecule has 4 rings (SSSR count). The summed E-state index contributed by atoms with van der Waals surface area (Å²) in [5.41, 5.74) is 2.44. The van der Waals surface area contributed by atoms with Gasteiger partial charge in [-0.3, -0.25) is 9.59 Å². The van der Waals surface area contributed by atoms with Gasteiger partial charge in [-0.2, -0.15) is 5.10 Å². The lowest BCUT2D eigenvalue weighted by atomic mass is 10.1. The van der Waals surface area contributed by atoms with Crippen LogP contribution in [0.5, 0.6) is 0 Å². The number of nitrogens with one attached hydrogen (secondary N) is 1. The van der Waals surface area contributed by atoms with Crippen molar-refractivity contribution in [1.29, 1.82) is 0 Å². The highest BCUT2D eigenvalue weighted by molar-refractivity contribution is 6.42. The number of hydrogen-bond donors (Lipinski definition) is 1. The Bertz CT molecular complexity index is 1390. The summed E-state index contributed by atoms with van der Waals surface area (Å²) in [7, 11) is 0. The number of hydrogen-bond acceptors (Lipinski definition) is 3. The maximum absolute atomic E-state index is 13.3. The zero-order valence-electron chi connectivity index (χ0n) is 20.1. The number of rotatable bonds is 9. The van der Waals surface area contributed by atoms with Crippen LogP contribution < -0.4 is 5.32 Å². The number of carbonyl (C=O) groups is 2. The lowest BCUT2D eigenvalue weighted by Gasteiger charge is -2.22. The van der Waals surface area contributed by atoms with Crippen LogP contribution in [0.25, 0.3) is 16.9 Å². The quantitative estimate of drug-likeness (QED) is 0.253. The summed E-state index contributed by atoms with van der Waals surface area (Å²) < 4.78 is 14.9. The molecule has 37 heavy (non-hydrogen) atoms. The van der Waals surface area contributed by atoms with Gasteiger partial charge < -0.3 is 10.2 Å². The Morgan fingerprint density at radius 3 is 2.38 bits per heavy atom. The van der Waals surface area contributed by atoms with E-state index in [2.05, 4.69) is 10.4 Å². The summed E-state index contributed by atoms with van der Waals surface area (Å²) in [6.45, 7) is 2.21. The minimum absolute atomic E-state index is 0.177. The standard InChI is InChI=1S/C28H25Cl2FN4O2/c1-2-3-15-34(28(37)20-9-11-21(31)12-10-20)18-27(36)32-26-17-25(19-7-5-4-6-8-19)33-35(26)22-13-14-23(29)24(30)16-22/h4-14,16-17H,2-3,15,18H2,1H3,(H,32,36). The average molecular weight is 539 g/mol. The van der Waals surface area contributed by atoms with Crippen molar-refractivity contribution in [2.45, 2.75) is 19.8 Å². The maximum atomic E-state index is 13.3. The Labute approximate surface area is 224 Å². The molecule has 0 aliphatic heterocycles. The van der Waals surface area contributed by atoms with Gasteiger partial charge in [-0.05, 0) is 48.9 Å². The number of amides is 2. The third-order valence-corrected chi connectivity index (χ3v) is 6.43. The van der Waals surface area contributed by atoms with Crippen LogP contribution in [0.2, 0.25) is 10.0 Å². The molecule has 0 bridgehead atoms. The van der Waals surface area contributed by atoms with Gasteiger partial charge in [0.25, 0.3) is 5.91 Å². The van der Waals surface area contributed by atoms with Crippen LogP contribution >= 0.6 is 23.2 Å². The van der Waals surface area contributed by atoms with Crippen molar-refractivity contribution in [2.24, 2.45) is 0 Å². The molecule has 0 radical (unpaired) electrons. The molecule has 9 heteroatoms. The first kappa shape index (κ1) is 26.4. The molecule has 6 nitrogen and oxygen atoms in total. The Hall–Kier alpha value is -3.68. The number of benzene rings is 3. The van der Waals surface area contributed by atoms with E-state index >= 15 is 0 Å². The monoisotopic (exact) mass is 538 g/mol. The molecule has 190 valence electrons. The van der Waals surface area contributed by atoms with E-state index in [1.807, 2.05) is 37.3 Å². The van der Waals surface area contributed by atoms with Crippen LogP contribution in [0.1, 0.15) is 30.1 Å². The van der Waals surface area contributed by atoms with Gasteiger partial charge >= 0.3 is 0 Å². The van der Waals surface area contributed by atoms with Crippen LogP contribution in [0.3, 0.4) is 0 Å². The molecule has 1 heterocycles. The van der Waals surface area contributed by atoms with E-state index < -0.39 is 11.7 Å². The van der Waals surface area contributed by atoms with Gasteiger partial charge in [0.2, 0.25) is 5.91 Å². The lowest BCUT2D eigenvalue weighted by molar-refractivity contribution is -0.117. The first-order valence-electron chi connectivity index (χ1n) is 11.8. The van der Waals surface area contributed by atoms with Crippen molar-refractivity contribution in [3.8, 4) is 16.9 Å². The highest BCUT2D eigenvalue weighted by Gasteiger charge is 2.21. The Balaban J connectivity index is 1.61. The fourth-order valence-electron chi connectivity index (χ4n) is 3.77. The highest BCUT2D eigenvalue weighted by atomic mass is 35.5. The molecule has 0 fully saturated rings. The number of carbonyl (C=O) groups excluding carboxylic acids is 2. The molecular weight excluding hydrogens is 514 g/mol. The fourth-order valence-corrected chi connectivity index (χ4v) is 4.06. The SMILES string of the molecule is CCCCN(CC(=O)Nc1cc(-c2ccccc2)nn1-c1ccc(Cl)c(Cl)c1)C(=O)c1ccc(F)cc1. The van der Waals surface area contributed by atoms with E-state index in [4.69, 9.17) is 23.2 Å². The molecule has 0 saturated carbocycles. The van der Waals surface area contributed by atoms with Gasteiger partial charge in [-0.1, -0.05) is 66.9 Å². The molecule has 1 aromatic heterocycles. The van der Waals surface area contributed by atoms with Crippen LogP contribution in [-0.2, 0) is 4.79 Å². The van der Waals surface area contributed by atoms with Crippen LogP contribution in [0.15, 0.2) is 78.9 Å². The minimum atomic E-state index is -0.431. The number of unbranched alkanes of at least 4 members (excludes halogenated alkanes) is 1. The molecule has 0 saturated heterocycles. The van der Waals surface area contributed by atoms with Crippen molar-refractivity contribution in [2.75, 3.05) is 18.4 Å². The number of anilines is 1. The minimum Gasteiger partial charge on any atom is -0.329 e. The molecule has 0 atom stereocenters. The van der Waals surface area contributed by atoms with Crippen molar-refractivity contribution < 1.29 is 14.0 Å². The Morgan fingerprint density at radius 2 is 1.70 bits per heavy atom. The van der Waals surface area contributed by atoms with Crippen LogP contribution in [-0.4, -0.2) is 39.6 Å². The largest absolute Gasteiger partial charge is 0.329 e. The fraction of sp³-hybridized carbons (Fsp3) is 0.179. The second kappa shape index (κ2) is 12.0. The lowest BCUT2D eigenvalue weighted by Crippen LogP contribution is -2.39. The first-order chi connectivity index (χ1) is 17.9. The molecule has 2 amide bonds. The van der Waals surface area contributed by atoms with Gasteiger partial charge in [0.1, 0.15) is 18.2 Å². The third-order valence-electron chi connectivity index (χ3n) is 5.69. The number of halogens is 3. The maximum Gasteiger partial charge on any atom is 0.254 e. The Kier molecular flexibility index (Phi) is 8.58. The van der Waals surface area contributed by atoms with Crippen molar-refractivity contribution >= 4 is 40.8 Å². The van der Waals surface area contributed by atoms with Gasteiger partial charge in [0.05, 0.1) is 21.4 Å². The zero-order valence-corrected chi connectivity index (χ0v) is 21.6. The predicted octanol–water partition coefficient (Wildman–Crippen LogP) is 6.87. The molecular formula is C28H25Cl2FN4O2.